The van der Waals surface area contributed by atoms with Crippen molar-refractivity contribution in [2.45, 2.75) is 62.6 Å². The average Bonchev–Trinajstić information content (AvgIpc) is 3.76. The van der Waals surface area contributed by atoms with Crippen molar-refractivity contribution in [2.75, 3.05) is 50.8 Å². The highest BCUT2D eigenvalue weighted by Gasteiger charge is 2.48. The van der Waals surface area contributed by atoms with Gasteiger partial charge in [0.05, 0.1) is 24.4 Å². The molecule has 9 rings (SSSR count). The lowest BCUT2D eigenvalue weighted by Gasteiger charge is -2.48. The van der Waals surface area contributed by atoms with Gasteiger partial charge in [0.1, 0.15) is 22.9 Å². The van der Waals surface area contributed by atoms with E-state index in [1.807, 2.05) is 0 Å². The van der Waals surface area contributed by atoms with E-state index in [0.29, 0.717) is 47.2 Å². The number of ether oxygens (including phenoxy) is 2. The van der Waals surface area contributed by atoms with E-state index >= 15 is 8.78 Å². The van der Waals surface area contributed by atoms with Crippen LogP contribution in [0.2, 0.25) is 0 Å². The summed E-state index contributed by atoms with van der Waals surface area (Å²) < 4.78 is 45.5. The van der Waals surface area contributed by atoms with Gasteiger partial charge < -0.3 is 29.7 Å². The van der Waals surface area contributed by atoms with E-state index < -0.39 is 11.6 Å². The molecule has 4 saturated heterocycles. The molecule has 0 amide bonds. The number of anilines is 1. The van der Waals surface area contributed by atoms with E-state index in [4.69, 9.17) is 20.9 Å². The second-order valence-electron chi connectivity index (χ2n) is 14.7. The van der Waals surface area contributed by atoms with Crippen molar-refractivity contribution < 1.29 is 23.4 Å². The minimum absolute atomic E-state index is 0.0101. The molecule has 5 heterocycles. The number of rotatable bonds is 7. The molecule has 8 nitrogen and oxygen atoms in total. The number of terminal acetylenes is 1. The Labute approximate surface area is 278 Å². The number of hydrogen-bond donors (Lipinski definition) is 2. The predicted molar refractivity (Wildman–Crippen MR) is 180 cm³/mol. The summed E-state index contributed by atoms with van der Waals surface area (Å²) in [7, 11) is 0. The number of benzene rings is 3. The number of halogens is 2. The quantitative estimate of drug-likeness (QED) is 0.244. The predicted octanol–water partition coefficient (Wildman–Crippen LogP) is 5.77. The maximum Gasteiger partial charge on any atom is 0.319 e. The van der Waals surface area contributed by atoms with Crippen LogP contribution in [0.25, 0.3) is 32.8 Å². The molecule has 2 atom stereocenters. The lowest BCUT2D eigenvalue weighted by atomic mass is 9.84. The third-order valence-electron chi connectivity index (χ3n) is 11.5. The number of nitrogens with one attached hydrogen (secondary N) is 1. The van der Waals surface area contributed by atoms with Crippen LogP contribution in [0.1, 0.15) is 50.5 Å². The van der Waals surface area contributed by atoms with E-state index in [1.165, 1.54) is 24.6 Å². The third kappa shape index (κ3) is 5.15. The van der Waals surface area contributed by atoms with Crippen LogP contribution in [0, 0.1) is 29.4 Å². The smallest absolute Gasteiger partial charge is 0.319 e. The van der Waals surface area contributed by atoms with Gasteiger partial charge in [-0.1, -0.05) is 18.1 Å². The summed E-state index contributed by atoms with van der Waals surface area (Å²) in [5.41, 5.74) is 0.460. The Morgan fingerprint density at radius 3 is 2.50 bits per heavy atom. The molecule has 2 unspecified atom stereocenters. The number of hydrogen-bond acceptors (Lipinski definition) is 8. The Kier molecular flexibility index (Phi) is 7.05. The second kappa shape index (κ2) is 11.3. The number of aromatic hydroxyl groups is 1. The topological polar surface area (TPSA) is 83.0 Å². The van der Waals surface area contributed by atoms with E-state index in [9.17, 15) is 5.11 Å². The standard InChI is InChI=1S/C38H39F2N5O3/c1-2-23-4-3-5-24-16-27(46)17-28(31(23)24)32-30(39)18-29-34(33(32)40)42-36(43-35(29)45-19-25-6-7-26(20-45)41-25)47-22-37(8-9-37)21-44-13-10-38(11-14-44)12-15-48-38/h1,3-5,16-18,25-26,41,46H,6-15,19-22H2. The number of fused-ring (bicyclic) bond motifs is 4. The molecular formula is C38H39F2N5O3. The summed E-state index contributed by atoms with van der Waals surface area (Å²) in [6.07, 6.45) is 13.3. The van der Waals surface area contributed by atoms with Gasteiger partial charge in [-0.25, -0.2) is 8.78 Å². The van der Waals surface area contributed by atoms with Gasteiger partial charge in [0.25, 0.3) is 0 Å². The highest BCUT2D eigenvalue weighted by atomic mass is 19.1. The monoisotopic (exact) mass is 651 g/mol. The highest BCUT2D eigenvalue weighted by Crippen LogP contribution is 2.48. The van der Waals surface area contributed by atoms with Gasteiger partial charge in [-0.05, 0) is 74.6 Å². The van der Waals surface area contributed by atoms with Crippen molar-refractivity contribution >= 4 is 27.5 Å². The van der Waals surface area contributed by atoms with E-state index in [-0.39, 0.29) is 51.5 Å². The van der Waals surface area contributed by atoms with Crippen molar-refractivity contribution in [3.05, 3.63) is 53.6 Å². The zero-order valence-corrected chi connectivity index (χ0v) is 26.9. The van der Waals surface area contributed by atoms with E-state index in [1.54, 1.807) is 18.2 Å². The molecule has 4 aliphatic heterocycles. The first-order chi connectivity index (χ1) is 23.3. The number of phenols is 1. The fourth-order valence-electron chi connectivity index (χ4n) is 8.53. The summed E-state index contributed by atoms with van der Waals surface area (Å²) in [6.45, 7) is 5.66. The van der Waals surface area contributed by atoms with Gasteiger partial charge in [-0.15, -0.1) is 6.42 Å². The largest absolute Gasteiger partial charge is 0.508 e. The van der Waals surface area contributed by atoms with Crippen molar-refractivity contribution in [1.82, 2.24) is 20.2 Å². The molecule has 1 aliphatic carbocycles. The van der Waals surface area contributed by atoms with Crippen LogP contribution in [0.3, 0.4) is 0 Å². The molecule has 0 radical (unpaired) electrons. The summed E-state index contributed by atoms with van der Waals surface area (Å²) in [5, 5.41) is 15.6. The lowest BCUT2D eigenvalue weighted by molar-refractivity contribution is -0.173. The van der Waals surface area contributed by atoms with Crippen LogP contribution in [0.15, 0.2) is 36.4 Å². The number of piperazine rings is 1. The first kappa shape index (κ1) is 30.1. The number of likely N-dealkylation sites (tertiary alicyclic amines) is 1. The SMILES string of the molecule is C#Cc1cccc2cc(O)cc(-c3c(F)cc4c(N5CC6CCC(C5)N6)nc(OCC5(CN6CCC7(CCO7)CC6)CC5)nc4c3F)c12. The van der Waals surface area contributed by atoms with Crippen LogP contribution in [-0.2, 0) is 4.74 Å². The molecule has 5 aliphatic rings. The van der Waals surface area contributed by atoms with Gasteiger partial charge in [0, 0.05) is 72.1 Å². The van der Waals surface area contributed by atoms with E-state index in [2.05, 4.69) is 26.0 Å². The Morgan fingerprint density at radius 1 is 1.04 bits per heavy atom. The summed E-state index contributed by atoms with van der Waals surface area (Å²) in [5.74, 6) is 1.38. The van der Waals surface area contributed by atoms with E-state index in [0.717, 1.165) is 64.8 Å². The van der Waals surface area contributed by atoms with Gasteiger partial charge in [-0.3, -0.25) is 0 Å². The average molecular weight is 652 g/mol. The normalized spacial score (nSPS) is 24.1. The fourth-order valence-corrected chi connectivity index (χ4v) is 8.53. The minimum atomic E-state index is -0.836. The Balaban J connectivity index is 1.09. The van der Waals surface area contributed by atoms with Crippen molar-refractivity contribution in [1.29, 1.82) is 0 Å². The Morgan fingerprint density at radius 2 is 1.81 bits per heavy atom. The zero-order chi connectivity index (χ0) is 32.6. The Hall–Kier alpha value is -4.04. The van der Waals surface area contributed by atoms with Crippen molar-refractivity contribution in [2.24, 2.45) is 5.41 Å². The van der Waals surface area contributed by atoms with Gasteiger partial charge in [0.2, 0.25) is 0 Å². The lowest BCUT2D eigenvalue weighted by Crippen LogP contribution is -2.53. The van der Waals surface area contributed by atoms with Gasteiger partial charge in [-0.2, -0.15) is 9.97 Å². The van der Waals surface area contributed by atoms with Gasteiger partial charge in [0.15, 0.2) is 5.82 Å². The molecule has 10 heteroatoms. The molecule has 1 aromatic heterocycles. The van der Waals surface area contributed by atoms with Gasteiger partial charge >= 0.3 is 6.01 Å². The number of nitrogens with zero attached hydrogens (tertiary/aromatic N) is 4. The van der Waals surface area contributed by atoms with Crippen molar-refractivity contribution in [3.8, 4) is 35.2 Å². The third-order valence-corrected chi connectivity index (χ3v) is 11.5. The number of piperidine rings is 1. The number of aromatic nitrogens is 2. The minimum Gasteiger partial charge on any atom is -0.508 e. The molecule has 4 aromatic rings. The van der Waals surface area contributed by atoms with Crippen LogP contribution >= 0.6 is 0 Å². The molecule has 248 valence electrons. The first-order valence-electron chi connectivity index (χ1n) is 17.2. The maximum absolute atomic E-state index is 16.9. The summed E-state index contributed by atoms with van der Waals surface area (Å²) in [4.78, 5) is 14.1. The molecule has 2 N–H and O–H groups in total. The van der Waals surface area contributed by atoms with Crippen LogP contribution < -0.4 is 15.0 Å². The molecular weight excluding hydrogens is 612 g/mol. The molecule has 1 spiro atoms. The molecule has 3 aromatic carbocycles. The fraction of sp³-hybridized carbons (Fsp3) is 0.474. The summed E-state index contributed by atoms with van der Waals surface area (Å²) in [6, 6.07) is 10.1. The van der Waals surface area contributed by atoms with Crippen LogP contribution in [0.5, 0.6) is 11.8 Å². The van der Waals surface area contributed by atoms with Crippen LogP contribution in [0.4, 0.5) is 14.6 Å². The molecule has 1 saturated carbocycles. The van der Waals surface area contributed by atoms with Crippen LogP contribution in [-0.4, -0.2) is 83.6 Å². The molecule has 5 fully saturated rings. The molecule has 48 heavy (non-hydrogen) atoms. The highest BCUT2D eigenvalue weighted by molar-refractivity contribution is 6.04. The molecule has 2 bridgehead atoms. The maximum atomic E-state index is 16.9. The Bertz CT molecular complexity index is 1970. The number of phenolic OH excluding ortho intramolecular Hbond substituents is 1. The van der Waals surface area contributed by atoms with Crippen molar-refractivity contribution in [3.63, 3.8) is 0 Å². The summed E-state index contributed by atoms with van der Waals surface area (Å²) >= 11 is 0. The zero-order valence-electron chi connectivity index (χ0n) is 26.9. The first-order valence-corrected chi connectivity index (χ1v) is 17.2. The second-order valence-corrected chi connectivity index (χ2v) is 14.7.